The Morgan fingerprint density at radius 1 is 0.959 bits per heavy atom. The molecule has 10 heteroatoms. The summed E-state index contributed by atoms with van der Waals surface area (Å²) in [4.78, 5) is 50.6. The molecule has 8 atom stereocenters. The highest BCUT2D eigenvalue weighted by Gasteiger charge is 2.72. The molecular weight excluding hydrogens is 635 g/mol. The first kappa shape index (κ1) is 34.3. The maximum absolute atomic E-state index is 14.5. The topological polar surface area (TPSA) is 94.2 Å². The van der Waals surface area contributed by atoms with E-state index in [1.165, 1.54) is 5.56 Å². The number of hydrogen-bond acceptors (Lipinski definition) is 7. The van der Waals surface area contributed by atoms with Crippen LogP contribution in [-0.2, 0) is 25.7 Å². The van der Waals surface area contributed by atoms with E-state index < -0.39 is 29.6 Å². The molecule has 0 aromatic heterocycles. The largest absolute Gasteiger partial charge is 0.359 e. The van der Waals surface area contributed by atoms with Gasteiger partial charge in [0.15, 0.2) is 0 Å². The van der Waals surface area contributed by atoms with Gasteiger partial charge in [-0.2, -0.15) is 0 Å². The average molecular weight is 686 g/mol. The Balaban J connectivity index is 1.06. The van der Waals surface area contributed by atoms with Crippen molar-refractivity contribution in [2.24, 2.45) is 23.7 Å². The number of nitrogens with one attached hydrogen (secondary N) is 2. The van der Waals surface area contributed by atoms with Crippen LogP contribution in [0.15, 0.2) is 71.6 Å². The predicted octanol–water partition coefficient (Wildman–Crippen LogP) is 4.65. The molecule has 3 amide bonds. The molecule has 0 radical (unpaired) electrons. The van der Waals surface area contributed by atoms with E-state index in [-0.39, 0.29) is 23.8 Å². The quantitative estimate of drug-likeness (QED) is 0.263. The number of hydrogen-bond donors (Lipinski definition) is 2. The number of amides is 3. The van der Waals surface area contributed by atoms with Gasteiger partial charge in [-0.15, -0.1) is 11.8 Å². The van der Waals surface area contributed by atoms with E-state index >= 15 is 0 Å². The molecule has 2 bridgehead atoms. The first-order chi connectivity index (χ1) is 23.8. The minimum absolute atomic E-state index is 0.0567. The van der Waals surface area contributed by atoms with Crippen molar-refractivity contribution in [1.82, 2.24) is 20.0 Å². The Morgan fingerprint density at radius 3 is 2.51 bits per heavy atom. The zero-order valence-electron chi connectivity index (χ0n) is 29.1. The molecule has 9 nitrogen and oxygen atoms in total. The van der Waals surface area contributed by atoms with Crippen LogP contribution in [0.2, 0.25) is 0 Å². The molecule has 0 unspecified atom stereocenters. The standard InChI is InChI=1S/C39H51N5O4S/c1-26-10-7-15-31(27(26)2)41-37(46)35-39-17-16-32(48-39)33(36(45)40-29-13-8-14-30(24-29)49-3)34(39)38(47)44(35)19-9-18-42-20-22-43(23-21-42)25-28-11-5-4-6-12-28/h4-6,8,11-14,16-17,24,26-27,31-35H,7,9-10,15,18-23,25H2,1-3H3,(H,40,45)(H,41,46)/t26-,27+,31-,32+,33-,34+,35+,39+/m1/s1. The van der Waals surface area contributed by atoms with Crippen LogP contribution in [-0.4, -0.2) is 102 Å². The van der Waals surface area contributed by atoms with Crippen LogP contribution in [0.25, 0.3) is 0 Å². The summed E-state index contributed by atoms with van der Waals surface area (Å²) in [5.74, 6) is -1.12. The van der Waals surface area contributed by atoms with E-state index in [4.69, 9.17) is 4.74 Å². The van der Waals surface area contributed by atoms with Crippen molar-refractivity contribution in [3.63, 3.8) is 0 Å². The van der Waals surface area contributed by atoms with Gasteiger partial charge in [-0.1, -0.05) is 75.2 Å². The van der Waals surface area contributed by atoms with Gasteiger partial charge in [-0.05, 0) is 61.2 Å². The van der Waals surface area contributed by atoms with E-state index in [2.05, 4.69) is 64.6 Å². The number of carbonyl (C=O) groups is 3. The molecular formula is C39H51N5O4S. The summed E-state index contributed by atoms with van der Waals surface area (Å²) in [5.41, 5.74) is 0.876. The van der Waals surface area contributed by atoms with Gasteiger partial charge in [-0.3, -0.25) is 19.3 Å². The Morgan fingerprint density at radius 2 is 1.73 bits per heavy atom. The molecule has 2 aromatic rings. The summed E-state index contributed by atoms with van der Waals surface area (Å²) < 4.78 is 6.61. The molecule has 3 saturated heterocycles. The van der Waals surface area contributed by atoms with Gasteiger partial charge in [-0.25, -0.2) is 0 Å². The van der Waals surface area contributed by atoms with E-state index in [0.29, 0.717) is 24.1 Å². The predicted molar refractivity (Wildman–Crippen MR) is 193 cm³/mol. The molecule has 4 fully saturated rings. The van der Waals surface area contributed by atoms with Crippen LogP contribution in [0.4, 0.5) is 5.69 Å². The normalized spacial score (nSPS) is 32.8. The van der Waals surface area contributed by atoms with Crippen molar-refractivity contribution in [1.29, 1.82) is 0 Å². The van der Waals surface area contributed by atoms with Crippen molar-refractivity contribution in [3.05, 3.63) is 72.3 Å². The lowest BCUT2D eigenvalue weighted by Gasteiger charge is -2.38. The number of piperazine rings is 1. The van der Waals surface area contributed by atoms with Gasteiger partial charge in [0.2, 0.25) is 17.7 Å². The van der Waals surface area contributed by atoms with E-state index in [1.54, 1.807) is 16.7 Å². The van der Waals surface area contributed by atoms with Gasteiger partial charge >= 0.3 is 0 Å². The summed E-state index contributed by atoms with van der Waals surface area (Å²) in [7, 11) is 0. The van der Waals surface area contributed by atoms with Crippen LogP contribution in [0.5, 0.6) is 0 Å². The molecule has 2 N–H and O–H groups in total. The fourth-order valence-corrected chi connectivity index (χ4v) is 9.42. The van der Waals surface area contributed by atoms with Crippen LogP contribution in [0, 0.1) is 23.7 Å². The summed E-state index contributed by atoms with van der Waals surface area (Å²) >= 11 is 1.61. The molecule has 5 aliphatic rings. The summed E-state index contributed by atoms with van der Waals surface area (Å²) in [6.45, 7) is 10.7. The monoisotopic (exact) mass is 685 g/mol. The van der Waals surface area contributed by atoms with Crippen LogP contribution in [0.3, 0.4) is 0 Å². The molecule has 262 valence electrons. The molecule has 4 heterocycles. The molecule has 7 rings (SSSR count). The first-order valence-corrected chi connectivity index (χ1v) is 19.4. The Bertz CT molecular complexity index is 1550. The average Bonchev–Trinajstić information content (AvgIpc) is 3.75. The third-order valence-electron chi connectivity index (χ3n) is 11.9. The number of thioether (sulfide) groups is 1. The minimum Gasteiger partial charge on any atom is -0.359 e. The number of likely N-dealkylation sites (tertiary alicyclic amines) is 1. The first-order valence-electron chi connectivity index (χ1n) is 18.2. The molecule has 1 saturated carbocycles. The number of nitrogens with zero attached hydrogens (tertiary/aromatic N) is 3. The third kappa shape index (κ3) is 6.81. The number of anilines is 1. The molecule has 1 spiro atoms. The number of benzene rings is 2. The number of rotatable bonds is 11. The lowest BCUT2D eigenvalue weighted by Crippen LogP contribution is -2.58. The highest BCUT2D eigenvalue weighted by atomic mass is 32.2. The zero-order valence-corrected chi connectivity index (χ0v) is 29.9. The van der Waals surface area contributed by atoms with E-state index in [0.717, 1.165) is 69.8 Å². The zero-order chi connectivity index (χ0) is 34.1. The SMILES string of the molecule is CSc1cccc(NC(=O)[C@@H]2[C@@H]3C=C[C@]4(O3)[C@@H]2C(=O)N(CCCN2CCN(Cc3ccccc3)CC2)[C@H]4C(=O)N[C@@H]2CCC[C@@H](C)[C@@H]2C)c1. The number of ether oxygens (including phenoxy) is 1. The Hall–Kier alpha value is -3.18. The van der Waals surface area contributed by atoms with Gasteiger partial charge < -0.3 is 25.2 Å². The fraction of sp³-hybridized carbons (Fsp3) is 0.564. The molecule has 1 aliphatic carbocycles. The van der Waals surface area contributed by atoms with Crippen molar-refractivity contribution in [2.75, 3.05) is 50.8 Å². The smallest absolute Gasteiger partial charge is 0.246 e. The van der Waals surface area contributed by atoms with Crippen molar-refractivity contribution in [3.8, 4) is 0 Å². The Labute approximate surface area is 295 Å². The molecule has 4 aliphatic heterocycles. The van der Waals surface area contributed by atoms with Crippen molar-refractivity contribution < 1.29 is 19.1 Å². The van der Waals surface area contributed by atoms with Gasteiger partial charge in [0.1, 0.15) is 11.6 Å². The molecule has 2 aromatic carbocycles. The molecule has 49 heavy (non-hydrogen) atoms. The minimum atomic E-state index is -1.15. The second-order valence-corrected chi connectivity index (χ2v) is 15.7. The lowest BCUT2D eigenvalue weighted by atomic mass is 9.73. The fourth-order valence-electron chi connectivity index (χ4n) is 8.96. The number of fused-ring (bicyclic) bond motifs is 1. The van der Waals surface area contributed by atoms with Crippen molar-refractivity contribution in [2.45, 2.75) is 74.8 Å². The van der Waals surface area contributed by atoms with Gasteiger partial charge in [0.05, 0.1) is 17.9 Å². The third-order valence-corrected chi connectivity index (χ3v) is 12.6. The maximum Gasteiger partial charge on any atom is 0.246 e. The Kier molecular flexibility index (Phi) is 10.2. The lowest BCUT2D eigenvalue weighted by molar-refractivity contribution is -0.141. The van der Waals surface area contributed by atoms with Crippen molar-refractivity contribution >= 4 is 35.2 Å². The van der Waals surface area contributed by atoms with Gasteiger partial charge in [0.25, 0.3) is 0 Å². The number of carbonyl (C=O) groups excluding carboxylic acids is 3. The van der Waals surface area contributed by atoms with Crippen LogP contribution >= 0.6 is 11.8 Å². The maximum atomic E-state index is 14.5. The summed E-state index contributed by atoms with van der Waals surface area (Å²) in [6, 6.07) is 17.6. The van der Waals surface area contributed by atoms with Crippen LogP contribution in [0.1, 0.15) is 45.1 Å². The summed E-state index contributed by atoms with van der Waals surface area (Å²) in [5, 5.41) is 6.44. The highest BCUT2D eigenvalue weighted by molar-refractivity contribution is 7.98. The second kappa shape index (κ2) is 14.6. The van der Waals surface area contributed by atoms with Crippen LogP contribution < -0.4 is 10.6 Å². The van der Waals surface area contributed by atoms with Gasteiger partial charge in [0, 0.05) is 55.9 Å². The highest BCUT2D eigenvalue weighted by Crippen LogP contribution is 2.55. The van der Waals surface area contributed by atoms with E-state index in [1.807, 2.05) is 42.7 Å². The second-order valence-electron chi connectivity index (χ2n) is 14.8. The summed E-state index contributed by atoms with van der Waals surface area (Å²) in [6.07, 6.45) is 9.20. The van der Waals surface area contributed by atoms with E-state index in [9.17, 15) is 14.4 Å².